The quantitative estimate of drug-likeness (QED) is 0.620. The van der Waals surface area contributed by atoms with Crippen LogP contribution in [0, 0.1) is 0 Å². The number of amides is 2. The Kier molecular flexibility index (Phi) is 2.83. The third-order valence-corrected chi connectivity index (χ3v) is 2.98. The number of ether oxygens (including phenoxy) is 1. The maximum absolute atomic E-state index is 11.5. The van der Waals surface area contributed by atoms with E-state index in [0.29, 0.717) is 11.3 Å². The van der Waals surface area contributed by atoms with Crippen LogP contribution in [0.25, 0.3) is 0 Å². The van der Waals surface area contributed by atoms with Crippen molar-refractivity contribution in [2.24, 2.45) is 0 Å². The lowest BCUT2D eigenvalue weighted by Crippen LogP contribution is -2.22. The fourth-order valence-corrected chi connectivity index (χ4v) is 2.02. The molecule has 0 bridgehead atoms. The van der Waals surface area contributed by atoms with E-state index in [1.54, 1.807) is 24.3 Å². The highest BCUT2D eigenvalue weighted by Crippen LogP contribution is 2.30. The van der Waals surface area contributed by atoms with Crippen LogP contribution in [0.15, 0.2) is 24.3 Å². The Hall–Kier alpha value is -1.55. The van der Waals surface area contributed by atoms with Crippen molar-refractivity contribution in [1.29, 1.82) is 0 Å². The summed E-state index contributed by atoms with van der Waals surface area (Å²) in [6, 6.07) is 6.98. The van der Waals surface area contributed by atoms with E-state index in [4.69, 9.17) is 16.3 Å². The second kappa shape index (κ2) is 4.14. The molecule has 2 amide bonds. The van der Waals surface area contributed by atoms with Crippen LogP contribution in [0.2, 0.25) is 0 Å². The highest BCUT2D eigenvalue weighted by atomic mass is 35.5. The number of halogens is 1. The van der Waals surface area contributed by atoms with Gasteiger partial charge in [-0.3, -0.25) is 14.9 Å². The fourth-order valence-electron chi connectivity index (χ4n) is 1.71. The van der Waals surface area contributed by atoms with Crippen LogP contribution < -0.4 is 10.1 Å². The summed E-state index contributed by atoms with van der Waals surface area (Å²) in [7, 11) is 1.54. The Morgan fingerprint density at radius 1 is 1.31 bits per heavy atom. The first kappa shape index (κ1) is 11.0. The number of alkyl halides is 1. The molecule has 1 aliphatic rings. The van der Waals surface area contributed by atoms with Gasteiger partial charge in [-0.15, -0.1) is 11.6 Å². The molecule has 1 aromatic rings. The minimum absolute atomic E-state index is 0.363. The Morgan fingerprint density at radius 3 is 2.62 bits per heavy atom. The first-order chi connectivity index (χ1) is 7.63. The van der Waals surface area contributed by atoms with Gasteiger partial charge in [0.05, 0.1) is 13.0 Å². The summed E-state index contributed by atoms with van der Waals surface area (Å²) in [6.45, 7) is 0. The zero-order valence-corrected chi connectivity index (χ0v) is 9.32. The standard InChI is InChI=1S/C11H10ClNO3/c1-16-7-4-2-3-6(5-7)8-9(12)11(15)13-10(8)14/h2-5,8-9H,1H3,(H,13,14,15). The van der Waals surface area contributed by atoms with Crippen LogP contribution >= 0.6 is 11.6 Å². The van der Waals surface area contributed by atoms with Crippen molar-refractivity contribution in [3.8, 4) is 5.75 Å². The fraction of sp³-hybridized carbons (Fsp3) is 0.273. The minimum atomic E-state index is -0.848. The lowest BCUT2D eigenvalue weighted by molar-refractivity contribution is -0.125. The number of hydrogen-bond donors (Lipinski definition) is 1. The Balaban J connectivity index is 2.36. The van der Waals surface area contributed by atoms with E-state index < -0.39 is 17.2 Å². The van der Waals surface area contributed by atoms with E-state index in [-0.39, 0.29) is 5.91 Å². The maximum atomic E-state index is 11.5. The molecule has 0 spiro atoms. The molecule has 84 valence electrons. The van der Waals surface area contributed by atoms with Crippen molar-refractivity contribution < 1.29 is 14.3 Å². The smallest absolute Gasteiger partial charge is 0.245 e. The van der Waals surface area contributed by atoms with E-state index in [1.807, 2.05) is 0 Å². The molecule has 4 nitrogen and oxygen atoms in total. The lowest BCUT2D eigenvalue weighted by Gasteiger charge is -2.10. The molecule has 1 aromatic carbocycles. The van der Waals surface area contributed by atoms with Crippen molar-refractivity contribution in [2.45, 2.75) is 11.3 Å². The number of carbonyl (C=O) groups excluding carboxylic acids is 2. The number of imide groups is 1. The van der Waals surface area contributed by atoms with Crippen molar-refractivity contribution in [3.05, 3.63) is 29.8 Å². The van der Waals surface area contributed by atoms with Gasteiger partial charge in [0.25, 0.3) is 0 Å². The molecule has 0 aliphatic carbocycles. The molecule has 2 unspecified atom stereocenters. The summed E-state index contributed by atoms with van der Waals surface area (Å²) in [4.78, 5) is 22.8. The van der Waals surface area contributed by atoms with E-state index in [9.17, 15) is 9.59 Å². The highest BCUT2D eigenvalue weighted by molar-refractivity contribution is 6.37. The molecule has 1 fully saturated rings. The van der Waals surface area contributed by atoms with Gasteiger partial charge in [-0.1, -0.05) is 12.1 Å². The molecule has 0 aromatic heterocycles. The molecule has 1 heterocycles. The van der Waals surface area contributed by atoms with Crippen molar-refractivity contribution in [1.82, 2.24) is 5.32 Å². The number of hydrogen-bond acceptors (Lipinski definition) is 3. The molecule has 1 saturated heterocycles. The first-order valence-electron chi connectivity index (χ1n) is 4.76. The molecule has 16 heavy (non-hydrogen) atoms. The summed E-state index contributed by atoms with van der Waals surface area (Å²) in [5.74, 6) is -0.810. The van der Waals surface area contributed by atoms with E-state index in [2.05, 4.69) is 5.32 Å². The van der Waals surface area contributed by atoms with Crippen molar-refractivity contribution in [2.75, 3.05) is 7.11 Å². The second-order valence-electron chi connectivity index (χ2n) is 3.51. The third-order valence-electron chi connectivity index (χ3n) is 2.52. The SMILES string of the molecule is COc1cccc(C2C(=O)NC(=O)C2Cl)c1. The van der Waals surface area contributed by atoms with E-state index in [1.165, 1.54) is 7.11 Å². The zero-order chi connectivity index (χ0) is 11.7. The largest absolute Gasteiger partial charge is 0.497 e. The summed E-state index contributed by atoms with van der Waals surface area (Å²) < 4.78 is 5.05. The molecule has 2 rings (SSSR count). The minimum Gasteiger partial charge on any atom is -0.497 e. The maximum Gasteiger partial charge on any atom is 0.245 e. The Morgan fingerprint density at radius 2 is 2.06 bits per heavy atom. The van der Waals surface area contributed by atoms with Gasteiger partial charge in [0, 0.05) is 0 Å². The number of rotatable bonds is 2. The van der Waals surface area contributed by atoms with Crippen LogP contribution in [-0.2, 0) is 9.59 Å². The molecule has 0 radical (unpaired) electrons. The van der Waals surface area contributed by atoms with Gasteiger partial charge < -0.3 is 4.74 Å². The van der Waals surface area contributed by atoms with Crippen LogP contribution in [0.5, 0.6) is 5.75 Å². The molecule has 5 heteroatoms. The van der Waals surface area contributed by atoms with E-state index >= 15 is 0 Å². The average Bonchev–Trinajstić information content (AvgIpc) is 2.53. The van der Waals surface area contributed by atoms with Gasteiger partial charge in [-0.25, -0.2) is 0 Å². The molecular formula is C11H10ClNO3. The third kappa shape index (κ3) is 1.76. The monoisotopic (exact) mass is 239 g/mol. The molecule has 1 aliphatic heterocycles. The Bertz CT molecular complexity index is 447. The number of carbonyl (C=O) groups is 2. The van der Waals surface area contributed by atoms with Gasteiger partial charge >= 0.3 is 0 Å². The number of nitrogens with one attached hydrogen (secondary N) is 1. The Labute approximate surface area is 97.5 Å². The van der Waals surface area contributed by atoms with Gasteiger partial charge in [-0.2, -0.15) is 0 Å². The summed E-state index contributed by atoms with van der Waals surface area (Å²) >= 11 is 5.88. The van der Waals surface area contributed by atoms with Crippen LogP contribution in [0.3, 0.4) is 0 Å². The van der Waals surface area contributed by atoms with Crippen LogP contribution in [-0.4, -0.2) is 24.3 Å². The molecule has 2 atom stereocenters. The molecule has 1 N–H and O–H groups in total. The normalized spacial score (nSPS) is 24.4. The summed E-state index contributed by atoms with van der Waals surface area (Å²) in [5.41, 5.74) is 0.683. The van der Waals surface area contributed by atoms with Gasteiger partial charge in [0.15, 0.2) is 0 Å². The predicted octanol–water partition coefficient (Wildman–Crippen LogP) is 1.04. The van der Waals surface area contributed by atoms with Crippen molar-refractivity contribution in [3.63, 3.8) is 0 Å². The van der Waals surface area contributed by atoms with Crippen molar-refractivity contribution >= 4 is 23.4 Å². The summed E-state index contributed by atoms with van der Waals surface area (Å²) in [6.07, 6.45) is 0. The van der Waals surface area contributed by atoms with Crippen LogP contribution in [0.1, 0.15) is 11.5 Å². The molecular weight excluding hydrogens is 230 g/mol. The van der Waals surface area contributed by atoms with Gasteiger partial charge in [0.1, 0.15) is 11.1 Å². The summed E-state index contributed by atoms with van der Waals surface area (Å²) in [5, 5.41) is 1.35. The zero-order valence-electron chi connectivity index (χ0n) is 8.57. The van der Waals surface area contributed by atoms with Gasteiger partial charge in [0.2, 0.25) is 11.8 Å². The first-order valence-corrected chi connectivity index (χ1v) is 5.20. The number of methoxy groups -OCH3 is 1. The topological polar surface area (TPSA) is 55.4 Å². The number of benzene rings is 1. The molecule has 0 saturated carbocycles. The van der Waals surface area contributed by atoms with Crippen LogP contribution in [0.4, 0.5) is 0 Å². The van der Waals surface area contributed by atoms with E-state index in [0.717, 1.165) is 0 Å². The van der Waals surface area contributed by atoms with Gasteiger partial charge in [-0.05, 0) is 17.7 Å². The highest BCUT2D eigenvalue weighted by Gasteiger charge is 2.41. The average molecular weight is 240 g/mol. The second-order valence-corrected chi connectivity index (χ2v) is 3.98. The lowest BCUT2D eigenvalue weighted by atomic mass is 9.97. The predicted molar refractivity (Wildman–Crippen MR) is 58.5 cm³/mol.